The molecule has 0 atom stereocenters. The maximum atomic E-state index is 12.3. The lowest BCUT2D eigenvalue weighted by Gasteiger charge is -2.04. The molecule has 140 valence electrons. The molecule has 8 heteroatoms. The molecular formula is C19H19N3O4S. The van der Waals surface area contributed by atoms with E-state index in [4.69, 9.17) is 5.73 Å². The zero-order valence-electron chi connectivity index (χ0n) is 14.6. The third-order valence-corrected chi connectivity index (χ3v) is 5.64. The molecule has 1 heterocycles. The second kappa shape index (κ2) is 8.13. The number of amides is 2. The molecule has 0 saturated carbocycles. The molecule has 3 N–H and O–H groups in total. The molecule has 7 nitrogen and oxygen atoms in total. The summed E-state index contributed by atoms with van der Waals surface area (Å²) in [6, 6.07) is 5.87. The highest BCUT2D eigenvalue weighted by Crippen LogP contribution is 2.37. The summed E-state index contributed by atoms with van der Waals surface area (Å²) in [6.45, 7) is 0. The van der Waals surface area contributed by atoms with Crippen LogP contribution in [-0.2, 0) is 17.6 Å². The number of thiophene rings is 1. The van der Waals surface area contributed by atoms with Crippen LogP contribution in [0, 0.1) is 10.1 Å². The molecule has 0 radical (unpaired) electrons. The number of carbonyl (C=O) groups is 2. The van der Waals surface area contributed by atoms with E-state index in [-0.39, 0.29) is 11.6 Å². The minimum atomic E-state index is -0.524. The maximum absolute atomic E-state index is 12.3. The summed E-state index contributed by atoms with van der Waals surface area (Å²) < 4.78 is 0. The van der Waals surface area contributed by atoms with Crippen LogP contribution in [0.1, 0.15) is 45.6 Å². The van der Waals surface area contributed by atoms with Gasteiger partial charge in [0.25, 0.3) is 11.6 Å². The van der Waals surface area contributed by atoms with E-state index in [1.54, 1.807) is 18.2 Å². The van der Waals surface area contributed by atoms with Crippen molar-refractivity contribution in [1.82, 2.24) is 0 Å². The van der Waals surface area contributed by atoms with E-state index in [2.05, 4.69) is 5.32 Å². The Balaban J connectivity index is 1.75. The Morgan fingerprint density at radius 2 is 1.85 bits per heavy atom. The Hall–Kier alpha value is -3.00. The number of primary amides is 1. The second-order valence-electron chi connectivity index (χ2n) is 6.30. The lowest BCUT2D eigenvalue weighted by atomic mass is 10.1. The molecule has 0 aliphatic heterocycles. The molecule has 0 unspecified atom stereocenters. The third-order valence-electron chi connectivity index (χ3n) is 4.44. The molecular weight excluding hydrogens is 366 g/mol. The molecule has 3 rings (SSSR count). The van der Waals surface area contributed by atoms with Gasteiger partial charge in [0.1, 0.15) is 5.00 Å². The number of nitrogens with zero attached hydrogens (tertiary/aromatic N) is 1. The standard InChI is InChI=1S/C19H19N3O4S/c20-18(24)17-14-4-2-1-3-5-15(14)27-19(17)21-16(23)11-8-12-6-9-13(10-7-12)22(25)26/h6-11H,1-5H2,(H2,20,24)(H,21,23)/b11-8+. The molecule has 2 amide bonds. The van der Waals surface area contributed by atoms with E-state index in [1.807, 2.05) is 0 Å². The lowest BCUT2D eigenvalue weighted by Crippen LogP contribution is -2.16. The van der Waals surface area contributed by atoms with Crippen molar-refractivity contribution in [2.24, 2.45) is 5.73 Å². The predicted molar refractivity (Wildman–Crippen MR) is 105 cm³/mol. The number of anilines is 1. The van der Waals surface area contributed by atoms with Crippen LogP contribution in [0.3, 0.4) is 0 Å². The number of rotatable bonds is 5. The summed E-state index contributed by atoms with van der Waals surface area (Å²) >= 11 is 1.42. The van der Waals surface area contributed by atoms with Crippen LogP contribution in [0.2, 0.25) is 0 Å². The predicted octanol–water partition coefficient (Wildman–Crippen LogP) is 3.68. The highest BCUT2D eigenvalue weighted by molar-refractivity contribution is 7.17. The van der Waals surface area contributed by atoms with Gasteiger partial charge in [0.2, 0.25) is 5.91 Å². The first-order valence-corrected chi connectivity index (χ1v) is 9.45. The minimum Gasteiger partial charge on any atom is -0.365 e. The molecule has 0 bridgehead atoms. The number of aryl methyl sites for hydroxylation is 1. The van der Waals surface area contributed by atoms with E-state index in [1.165, 1.54) is 29.5 Å². The third kappa shape index (κ3) is 4.40. The topological polar surface area (TPSA) is 115 Å². The molecule has 0 spiro atoms. The quantitative estimate of drug-likeness (QED) is 0.353. The largest absolute Gasteiger partial charge is 0.365 e. The van der Waals surface area contributed by atoms with Crippen molar-refractivity contribution in [1.29, 1.82) is 0 Å². The van der Waals surface area contributed by atoms with Gasteiger partial charge in [-0.2, -0.15) is 0 Å². The Labute approximate surface area is 160 Å². The van der Waals surface area contributed by atoms with E-state index in [0.717, 1.165) is 42.5 Å². The lowest BCUT2D eigenvalue weighted by molar-refractivity contribution is -0.384. The van der Waals surface area contributed by atoms with Gasteiger partial charge < -0.3 is 11.1 Å². The molecule has 2 aromatic rings. The Bertz CT molecular complexity index is 916. The first kappa shape index (κ1) is 18.8. The van der Waals surface area contributed by atoms with Gasteiger partial charge in [-0.25, -0.2) is 0 Å². The highest BCUT2D eigenvalue weighted by Gasteiger charge is 2.23. The normalized spacial score (nSPS) is 13.8. The SMILES string of the molecule is NC(=O)c1c(NC(=O)/C=C/c2ccc([N+](=O)[O-])cc2)sc2c1CCCCC2. The van der Waals surface area contributed by atoms with Gasteiger partial charge in [-0.05, 0) is 55.0 Å². The summed E-state index contributed by atoms with van der Waals surface area (Å²) in [5, 5.41) is 13.9. The second-order valence-corrected chi connectivity index (χ2v) is 7.41. The van der Waals surface area contributed by atoms with Gasteiger partial charge in [-0.15, -0.1) is 11.3 Å². The van der Waals surface area contributed by atoms with E-state index in [9.17, 15) is 19.7 Å². The van der Waals surface area contributed by atoms with E-state index < -0.39 is 10.8 Å². The first-order chi connectivity index (χ1) is 13.0. The fourth-order valence-corrected chi connectivity index (χ4v) is 4.42. The maximum Gasteiger partial charge on any atom is 0.269 e. The molecule has 1 aromatic carbocycles. The summed E-state index contributed by atoms with van der Waals surface area (Å²) in [5.41, 5.74) is 7.60. The number of carbonyl (C=O) groups excluding carboxylic acids is 2. The van der Waals surface area contributed by atoms with Gasteiger partial charge >= 0.3 is 0 Å². The summed E-state index contributed by atoms with van der Waals surface area (Å²) in [6.07, 6.45) is 7.79. The average molecular weight is 385 g/mol. The number of benzene rings is 1. The van der Waals surface area contributed by atoms with Crippen LogP contribution >= 0.6 is 11.3 Å². The van der Waals surface area contributed by atoms with Gasteiger partial charge in [-0.1, -0.05) is 6.42 Å². The molecule has 1 aliphatic rings. The van der Waals surface area contributed by atoms with Crippen LogP contribution < -0.4 is 11.1 Å². The summed E-state index contributed by atoms with van der Waals surface area (Å²) in [4.78, 5) is 35.5. The van der Waals surface area contributed by atoms with Crippen molar-refractivity contribution >= 4 is 39.9 Å². The molecule has 1 aliphatic carbocycles. The van der Waals surface area contributed by atoms with Gasteiger partial charge in [0.05, 0.1) is 10.5 Å². The number of hydrogen-bond acceptors (Lipinski definition) is 5. The van der Waals surface area contributed by atoms with Crippen molar-refractivity contribution in [3.8, 4) is 0 Å². The van der Waals surface area contributed by atoms with Crippen LogP contribution in [0.25, 0.3) is 6.08 Å². The number of non-ortho nitro benzene ring substituents is 1. The smallest absolute Gasteiger partial charge is 0.269 e. The Morgan fingerprint density at radius 3 is 2.52 bits per heavy atom. The van der Waals surface area contributed by atoms with Crippen molar-refractivity contribution in [3.05, 3.63) is 62.0 Å². The van der Waals surface area contributed by atoms with Gasteiger partial charge in [0, 0.05) is 23.1 Å². The minimum absolute atomic E-state index is 0.0113. The fourth-order valence-electron chi connectivity index (χ4n) is 3.12. The first-order valence-electron chi connectivity index (χ1n) is 8.63. The number of nitro benzene ring substituents is 1. The monoisotopic (exact) mass is 385 g/mol. The van der Waals surface area contributed by atoms with Crippen molar-refractivity contribution in [2.45, 2.75) is 32.1 Å². The number of nitro groups is 1. The van der Waals surface area contributed by atoms with Gasteiger partial charge in [0.15, 0.2) is 0 Å². The number of fused-ring (bicyclic) bond motifs is 1. The zero-order valence-corrected chi connectivity index (χ0v) is 15.4. The molecule has 0 saturated heterocycles. The van der Waals surface area contributed by atoms with Crippen molar-refractivity contribution < 1.29 is 14.5 Å². The molecule has 27 heavy (non-hydrogen) atoms. The average Bonchev–Trinajstić information content (AvgIpc) is 2.81. The van der Waals surface area contributed by atoms with Crippen LogP contribution in [-0.4, -0.2) is 16.7 Å². The number of hydrogen-bond donors (Lipinski definition) is 2. The molecule has 1 aromatic heterocycles. The Morgan fingerprint density at radius 1 is 1.15 bits per heavy atom. The Kier molecular flexibility index (Phi) is 5.66. The van der Waals surface area contributed by atoms with Crippen LogP contribution in [0.5, 0.6) is 0 Å². The number of nitrogens with two attached hydrogens (primary N) is 1. The zero-order chi connectivity index (χ0) is 19.4. The number of nitrogens with one attached hydrogen (secondary N) is 1. The van der Waals surface area contributed by atoms with Crippen molar-refractivity contribution in [2.75, 3.05) is 5.32 Å². The van der Waals surface area contributed by atoms with E-state index >= 15 is 0 Å². The van der Waals surface area contributed by atoms with Crippen LogP contribution in [0.15, 0.2) is 30.3 Å². The molecule has 0 fully saturated rings. The van der Waals surface area contributed by atoms with Crippen LogP contribution in [0.4, 0.5) is 10.7 Å². The van der Waals surface area contributed by atoms with E-state index in [0.29, 0.717) is 16.1 Å². The van der Waals surface area contributed by atoms with Gasteiger partial charge in [-0.3, -0.25) is 19.7 Å². The summed E-state index contributed by atoms with van der Waals surface area (Å²) in [7, 11) is 0. The fraction of sp³-hybridized carbons (Fsp3) is 0.263. The highest BCUT2D eigenvalue weighted by atomic mass is 32.1. The summed E-state index contributed by atoms with van der Waals surface area (Å²) in [5.74, 6) is -0.906. The van der Waals surface area contributed by atoms with Crippen molar-refractivity contribution in [3.63, 3.8) is 0 Å².